The van der Waals surface area contributed by atoms with Gasteiger partial charge in [0.15, 0.2) is 5.82 Å². The molecule has 3 aromatic carbocycles. The highest BCUT2D eigenvalue weighted by atomic mass is 19.1. The fourth-order valence-electron chi connectivity index (χ4n) is 2.99. The maximum absolute atomic E-state index is 14.3. The zero-order valence-electron chi connectivity index (χ0n) is 16.3. The van der Waals surface area contributed by atoms with E-state index in [1.165, 1.54) is 18.2 Å². The first-order valence-corrected chi connectivity index (χ1v) is 9.59. The van der Waals surface area contributed by atoms with Crippen molar-refractivity contribution in [2.45, 2.75) is 0 Å². The molecule has 0 bridgehead atoms. The normalized spacial score (nSPS) is 11.5. The highest BCUT2D eigenvalue weighted by molar-refractivity contribution is 5.73. The maximum atomic E-state index is 14.3. The summed E-state index contributed by atoms with van der Waals surface area (Å²) in [5.41, 5.74) is 1.97. The Morgan fingerprint density at radius 1 is 0.516 bits per heavy atom. The van der Waals surface area contributed by atoms with Crippen LogP contribution in [0.4, 0.5) is 13.2 Å². The Bertz CT molecular complexity index is 1210. The van der Waals surface area contributed by atoms with Crippen molar-refractivity contribution in [3.63, 3.8) is 0 Å². The van der Waals surface area contributed by atoms with Gasteiger partial charge in [0.05, 0.1) is 17.0 Å². The molecule has 1 heterocycles. The molecular weight excluding hydrogens is 397 g/mol. The van der Waals surface area contributed by atoms with Crippen molar-refractivity contribution in [1.29, 1.82) is 0 Å². The number of hydrogen-bond donors (Lipinski definition) is 0. The van der Waals surface area contributed by atoms with Crippen molar-refractivity contribution < 1.29 is 13.2 Å². The third-order valence-corrected chi connectivity index (χ3v) is 4.56. The molecule has 0 fully saturated rings. The molecule has 0 N–H and O–H groups in total. The first-order chi connectivity index (χ1) is 15.1. The van der Waals surface area contributed by atoms with Crippen molar-refractivity contribution in [2.75, 3.05) is 0 Å². The van der Waals surface area contributed by atoms with Crippen LogP contribution in [0.5, 0.6) is 0 Å². The van der Waals surface area contributed by atoms with Gasteiger partial charge in [-0.05, 0) is 54.6 Å². The van der Waals surface area contributed by atoms with Crippen LogP contribution in [-0.4, -0.2) is 9.97 Å². The summed E-state index contributed by atoms with van der Waals surface area (Å²) in [5, 5.41) is 0. The van der Waals surface area contributed by atoms with E-state index in [2.05, 4.69) is 9.97 Å². The van der Waals surface area contributed by atoms with Crippen LogP contribution in [0.15, 0.2) is 78.9 Å². The summed E-state index contributed by atoms with van der Waals surface area (Å²) in [7, 11) is 0. The van der Waals surface area contributed by atoms with Crippen molar-refractivity contribution in [1.82, 2.24) is 9.97 Å². The monoisotopic (exact) mass is 414 g/mol. The Kier molecular flexibility index (Phi) is 6.03. The predicted octanol–water partition coefficient (Wildman–Crippen LogP) is 6.90. The zero-order chi connectivity index (χ0) is 21.6. The van der Waals surface area contributed by atoms with Crippen LogP contribution in [0.2, 0.25) is 0 Å². The second kappa shape index (κ2) is 9.22. The second-order valence-electron chi connectivity index (χ2n) is 6.73. The van der Waals surface area contributed by atoms with Crippen molar-refractivity contribution >= 4 is 24.3 Å². The number of rotatable bonds is 5. The lowest BCUT2D eigenvalue weighted by molar-refractivity contribution is 0.625. The van der Waals surface area contributed by atoms with Crippen molar-refractivity contribution in [3.05, 3.63) is 119 Å². The Labute approximate surface area is 178 Å². The molecule has 2 nitrogen and oxygen atoms in total. The summed E-state index contributed by atoms with van der Waals surface area (Å²) in [6.07, 6.45) is 6.44. The topological polar surface area (TPSA) is 25.8 Å². The van der Waals surface area contributed by atoms with Gasteiger partial charge in [-0.15, -0.1) is 0 Å². The Morgan fingerprint density at radius 2 is 0.968 bits per heavy atom. The molecule has 0 aliphatic carbocycles. The summed E-state index contributed by atoms with van der Waals surface area (Å²) in [6.45, 7) is 0. The molecule has 0 spiro atoms. The summed E-state index contributed by atoms with van der Waals surface area (Å²) >= 11 is 0. The van der Waals surface area contributed by atoms with Crippen LogP contribution in [0.25, 0.3) is 35.7 Å². The van der Waals surface area contributed by atoms with E-state index in [0.717, 1.165) is 0 Å². The molecule has 152 valence electrons. The third-order valence-electron chi connectivity index (χ3n) is 4.56. The third kappa shape index (κ3) is 4.95. The molecule has 0 aliphatic rings. The standard InChI is InChI=1S/C26H17F3N2/c27-23-10-4-1-7-18(23)13-15-20-17-21(16-14-19-8-2-5-11-24(19)28)31-26(30-20)22-9-3-6-12-25(22)29/h1-17H. The Hall–Kier alpha value is -3.99. The highest BCUT2D eigenvalue weighted by Gasteiger charge is 2.09. The van der Waals surface area contributed by atoms with E-state index >= 15 is 0 Å². The highest BCUT2D eigenvalue weighted by Crippen LogP contribution is 2.22. The zero-order valence-corrected chi connectivity index (χ0v) is 16.3. The molecule has 5 heteroatoms. The van der Waals surface area contributed by atoms with E-state index in [9.17, 15) is 13.2 Å². The van der Waals surface area contributed by atoms with E-state index in [1.807, 2.05) is 0 Å². The molecule has 0 atom stereocenters. The first-order valence-electron chi connectivity index (χ1n) is 9.59. The van der Waals surface area contributed by atoms with Gasteiger partial charge < -0.3 is 0 Å². The van der Waals surface area contributed by atoms with Crippen LogP contribution in [0.1, 0.15) is 22.5 Å². The summed E-state index contributed by atoms with van der Waals surface area (Å²) < 4.78 is 42.2. The second-order valence-corrected chi connectivity index (χ2v) is 6.73. The average Bonchev–Trinajstić information content (AvgIpc) is 2.78. The van der Waals surface area contributed by atoms with Crippen molar-refractivity contribution in [2.24, 2.45) is 0 Å². The SMILES string of the molecule is Fc1ccccc1C=Cc1cc(C=Cc2ccccc2F)nc(-c2ccccc2F)n1. The van der Waals surface area contributed by atoms with Gasteiger partial charge in [0.2, 0.25) is 0 Å². The minimum atomic E-state index is -0.457. The van der Waals surface area contributed by atoms with Gasteiger partial charge in [-0.2, -0.15) is 0 Å². The van der Waals surface area contributed by atoms with E-state index in [4.69, 9.17) is 0 Å². The summed E-state index contributed by atoms with van der Waals surface area (Å²) in [6, 6.07) is 20.6. The lowest BCUT2D eigenvalue weighted by atomic mass is 10.1. The number of hydrogen-bond acceptors (Lipinski definition) is 2. The quantitative estimate of drug-likeness (QED) is 0.355. The van der Waals surface area contributed by atoms with Gasteiger partial charge in [0.25, 0.3) is 0 Å². The molecular formula is C26H17F3N2. The Balaban J connectivity index is 1.76. The van der Waals surface area contributed by atoms with Crippen LogP contribution in [-0.2, 0) is 0 Å². The lowest BCUT2D eigenvalue weighted by Crippen LogP contribution is -1.97. The maximum Gasteiger partial charge on any atom is 0.163 e. The van der Waals surface area contributed by atoms with Crippen LogP contribution in [0, 0.1) is 17.5 Å². The van der Waals surface area contributed by atoms with Crippen LogP contribution >= 0.6 is 0 Å². The Morgan fingerprint density at radius 3 is 1.45 bits per heavy atom. The summed E-state index contributed by atoms with van der Waals surface area (Å²) in [4.78, 5) is 8.83. The van der Waals surface area contributed by atoms with Crippen LogP contribution < -0.4 is 0 Å². The number of benzene rings is 3. The molecule has 0 unspecified atom stereocenters. The predicted molar refractivity (Wildman–Crippen MR) is 118 cm³/mol. The van der Waals surface area contributed by atoms with Gasteiger partial charge in [-0.25, -0.2) is 23.1 Å². The van der Waals surface area contributed by atoms with E-state index < -0.39 is 5.82 Å². The molecule has 0 radical (unpaired) electrons. The number of aromatic nitrogens is 2. The lowest BCUT2D eigenvalue weighted by Gasteiger charge is -2.05. The molecule has 0 saturated carbocycles. The fourth-order valence-corrected chi connectivity index (χ4v) is 2.99. The minimum Gasteiger partial charge on any atom is -0.228 e. The molecule has 1 aromatic heterocycles. The molecule has 0 amide bonds. The van der Waals surface area contributed by atoms with Gasteiger partial charge in [0.1, 0.15) is 17.5 Å². The first kappa shape index (κ1) is 20.3. The molecule has 0 aliphatic heterocycles. The molecule has 0 saturated heterocycles. The number of nitrogens with zero attached hydrogens (tertiary/aromatic N) is 2. The van der Waals surface area contributed by atoms with Crippen LogP contribution in [0.3, 0.4) is 0 Å². The van der Waals surface area contributed by atoms with Gasteiger partial charge in [-0.3, -0.25) is 0 Å². The molecule has 4 rings (SSSR count). The van der Waals surface area contributed by atoms with E-state index in [0.29, 0.717) is 22.5 Å². The summed E-state index contributed by atoms with van der Waals surface area (Å²) in [5.74, 6) is -0.993. The van der Waals surface area contributed by atoms with Gasteiger partial charge in [-0.1, -0.05) is 48.5 Å². The minimum absolute atomic E-state index is 0.182. The van der Waals surface area contributed by atoms with Gasteiger partial charge >= 0.3 is 0 Å². The largest absolute Gasteiger partial charge is 0.228 e. The van der Waals surface area contributed by atoms with E-state index in [1.54, 1.807) is 85.0 Å². The van der Waals surface area contributed by atoms with Crippen molar-refractivity contribution in [3.8, 4) is 11.4 Å². The fraction of sp³-hybridized carbons (Fsp3) is 0. The average molecular weight is 414 g/mol. The van der Waals surface area contributed by atoms with E-state index in [-0.39, 0.29) is 23.0 Å². The molecule has 4 aromatic rings. The smallest absolute Gasteiger partial charge is 0.163 e. The number of halogens is 3. The van der Waals surface area contributed by atoms with Gasteiger partial charge in [0, 0.05) is 11.1 Å². The molecule has 31 heavy (non-hydrogen) atoms.